The van der Waals surface area contributed by atoms with Crippen LogP contribution in [0.4, 0.5) is 10.5 Å². The molecule has 1 aromatic heterocycles. The lowest BCUT2D eigenvalue weighted by atomic mass is 10.1. The second-order valence-electron chi connectivity index (χ2n) is 6.41. The molecule has 2 amide bonds. The van der Waals surface area contributed by atoms with E-state index in [0.29, 0.717) is 5.92 Å². The summed E-state index contributed by atoms with van der Waals surface area (Å²) in [5.41, 5.74) is 2.19. The summed E-state index contributed by atoms with van der Waals surface area (Å²) in [5.74, 6) is 0.474. The van der Waals surface area contributed by atoms with Gasteiger partial charge in [-0.2, -0.15) is 0 Å². The fourth-order valence-electron chi connectivity index (χ4n) is 2.90. The molecule has 2 heterocycles. The van der Waals surface area contributed by atoms with E-state index in [1.54, 1.807) is 0 Å². The van der Waals surface area contributed by atoms with Crippen LogP contribution in [-0.4, -0.2) is 48.6 Å². The van der Waals surface area contributed by atoms with Gasteiger partial charge < -0.3 is 15.1 Å². The van der Waals surface area contributed by atoms with E-state index >= 15 is 0 Å². The van der Waals surface area contributed by atoms with E-state index in [-0.39, 0.29) is 6.03 Å². The molecule has 122 valence electrons. The average molecular weight is 312 g/mol. The van der Waals surface area contributed by atoms with Crippen LogP contribution in [0.15, 0.2) is 36.5 Å². The topological polar surface area (TPSA) is 48.5 Å². The van der Waals surface area contributed by atoms with E-state index in [2.05, 4.69) is 53.3 Å². The number of carbonyl (C=O) groups is 1. The predicted molar refractivity (Wildman–Crippen MR) is 93.8 cm³/mol. The highest BCUT2D eigenvalue weighted by Crippen LogP contribution is 2.25. The number of amides is 2. The SMILES string of the molecule is CC(C)CNC(=O)N1CCN(c2cccc3cccnc23)CC1. The van der Waals surface area contributed by atoms with Crippen molar-refractivity contribution in [2.24, 2.45) is 5.92 Å². The lowest BCUT2D eigenvalue weighted by Crippen LogP contribution is -2.52. The highest BCUT2D eigenvalue weighted by molar-refractivity contribution is 5.90. The van der Waals surface area contributed by atoms with Crippen LogP contribution in [-0.2, 0) is 0 Å². The van der Waals surface area contributed by atoms with Crippen molar-refractivity contribution in [3.05, 3.63) is 36.5 Å². The van der Waals surface area contributed by atoms with E-state index in [1.165, 1.54) is 0 Å². The molecule has 1 saturated heterocycles. The first-order valence-electron chi connectivity index (χ1n) is 8.26. The van der Waals surface area contributed by atoms with Crippen molar-refractivity contribution in [3.8, 4) is 0 Å². The van der Waals surface area contributed by atoms with Crippen LogP contribution in [0.25, 0.3) is 10.9 Å². The standard InChI is InChI=1S/C18H24N4O/c1-14(2)13-20-18(23)22-11-9-21(10-12-22)16-7-3-5-15-6-4-8-19-17(15)16/h3-8,14H,9-13H2,1-2H3,(H,20,23). The fourth-order valence-corrected chi connectivity index (χ4v) is 2.90. The molecule has 1 aromatic carbocycles. The van der Waals surface area contributed by atoms with Gasteiger partial charge in [-0.05, 0) is 18.1 Å². The molecule has 23 heavy (non-hydrogen) atoms. The van der Waals surface area contributed by atoms with Gasteiger partial charge in [0.2, 0.25) is 0 Å². The van der Waals surface area contributed by atoms with E-state index in [9.17, 15) is 4.79 Å². The molecular formula is C18H24N4O. The average Bonchev–Trinajstić information content (AvgIpc) is 2.59. The Morgan fingerprint density at radius 3 is 2.65 bits per heavy atom. The number of hydrogen-bond acceptors (Lipinski definition) is 3. The quantitative estimate of drug-likeness (QED) is 0.948. The number of pyridine rings is 1. The number of fused-ring (bicyclic) bond motifs is 1. The van der Waals surface area contributed by atoms with E-state index in [4.69, 9.17) is 0 Å². The Morgan fingerprint density at radius 2 is 1.91 bits per heavy atom. The molecule has 0 saturated carbocycles. The van der Waals surface area contributed by atoms with Gasteiger partial charge in [-0.1, -0.05) is 32.0 Å². The number of anilines is 1. The third kappa shape index (κ3) is 3.55. The van der Waals surface area contributed by atoms with Gasteiger partial charge in [0, 0.05) is 44.3 Å². The molecular weight excluding hydrogens is 288 g/mol. The highest BCUT2D eigenvalue weighted by Gasteiger charge is 2.22. The number of rotatable bonds is 3. The largest absolute Gasteiger partial charge is 0.366 e. The molecule has 0 atom stereocenters. The molecule has 3 rings (SSSR count). The van der Waals surface area contributed by atoms with Gasteiger partial charge in [-0.25, -0.2) is 4.79 Å². The van der Waals surface area contributed by atoms with Crippen LogP contribution in [0.2, 0.25) is 0 Å². The second kappa shape index (κ2) is 6.86. The van der Waals surface area contributed by atoms with Gasteiger partial charge in [-0.3, -0.25) is 4.98 Å². The molecule has 0 bridgehead atoms. The van der Waals surface area contributed by atoms with Crippen molar-refractivity contribution in [2.45, 2.75) is 13.8 Å². The fraction of sp³-hybridized carbons (Fsp3) is 0.444. The molecule has 0 radical (unpaired) electrons. The maximum Gasteiger partial charge on any atom is 0.317 e. The zero-order valence-electron chi connectivity index (χ0n) is 13.8. The lowest BCUT2D eigenvalue weighted by molar-refractivity contribution is 0.193. The van der Waals surface area contributed by atoms with Crippen molar-refractivity contribution in [2.75, 3.05) is 37.6 Å². The third-order valence-electron chi connectivity index (χ3n) is 4.18. The van der Waals surface area contributed by atoms with Crippen molar-refractivity contribution in [3.63, 3.8) is 0 Å². The molecule has 0 aliphatic carbocycles. The minimum absolute atomic E-state index is 0.0504. The smallest absolute Gasteiger partial charge is 0.317 e. The summed E-state index contributed by atoms with van der Waals surface area (Å²) in [7, 11) is 0. The Kier molecular flexibility index (Phi) is 4.65. The Labute approximate surface area is 137 Å². The molecule has 5 heteroatoms. The van der Waals surface area contributed by atoms with E-state index < -0.39 is 0 Å². The number of para-hydroxylation sites is 1. The zero-order valence-corrected chi connectivity index (χ0v) is 13.8. The normalized spacial score (nSPS) is 15.3. The van der Waals surface area contributed by atoms with Gasteiger partial charge in [0.05, 0.1) is 11.2 Å². The molecule has 1 N–H and O–H groups in total. The summed E-state index contributed by atoms with van der Waals surface area (Å²) in [5, 5.41) is 4.15. The molecule has 1 aliphatic rings. The second-order valence-corrected chi connectivity index (χ2v) is 6.41. The lowest BCUT2D eigenvalue weighted by Gasteiger charge is -2.36. The minimum atomic E-state index is 0.0504. The van der Waals surface area contributed by atoms with Gasteiger partial charge in [0.15, 0.2) is 0 Å². The number of benzene rings is 1. The number of aromatic nitrogens is 1. The summed E-state index contributed by atoms with van der Waals surface area (Å²) < 4.78 is 0. The Hall–Kier alpha value is -2.30. The Bertz CT molecular complexity index is 672. The minimum Gasteiger partial charge on any atom is -0.366 e. The summed E-state index contributed by atoms with van der Waals surface area (Å²) in [4.78, 5) is 20.9. The van der Waals surface area contributed by atoms with Crippen molar-refractivity contribution >= 4 is 22.6 Å². The van der Waals surface area contributed by atoms with Crippen LogP contribution >= 0.6 is 0 Å². The molecule has 0 spiro atoms. The molecule has 1 aliphatic heterocycles. The van der Waals surface area contributed by atoms with Crippen LogP contribution in [0.5, 0.6) is 0 Å². The number of urea groups is 1. The van der Waals surface area contributed by atoms with Crippen LogP contribution in [0, 0.1) is 5.92 Å². The maximum atomic E-state index is 12.1. The number of nitrogens with one attached hydrogen (secondary N) is 1. The van der Waals surface area contributed by atoms with Gasteiger partial charge in [0.25, 0.3) is 0 Å². The third-order valence-corrected chi connectivity index (χ3v) is 4.18. The summed E-state index contributed by atoms with van der Waals surface area (Å²) >= 11 is 0. The zero-order chi connectivity index (χ0) is 16.2. The predicted octanol–water partition coefficient (Wildman–Crippen LogP) is 2.72. The monoisotopic (exact) mass is 312 g/mol. The first-order chi connectivity index (χ1) is 11.1. The van der Waals surface area contributed by atoms with E-state index in [0.717, 1.165) is 49.3 Å². The summed E-state index contributed by atoms with van der Waals surface area (Å²) in [6.45, 7) is 8.10. The van der Waals surface area contributed by atoms with Crippen LogP contribution in [0.3, 0.4) is 0 Å². The van der Waals surface area contributed by atoms with E-state index in [1.807, 2.05) is 17.2 Å². The number of nitrogens with zero attached hydrogens (tertiary/aromatic N) is 3. The number of piperazine rings is 1. The molecule has 0 unspecified atom stereocenters. The van der Waals surface area contributed by atoms with Gasteiger partial charge in [0.1, 0.15) is 0 Å². The first-order valence-corrected chi connectivity index (χ1v) is 8.26. The number of hydrogen-bond donors (Lipinski definition) is 1. The van der Waals surface area contributed by atoms with Crippen molar-refractivity contribution in [1.82, 2.24) is 15.2 Å². The van der Waals surface area contributed by atoms with Gasteiger partial charge in [-0.15, -0.1) is 0 Å². The Morgan fingerprint density at radius 1 is 1.17 bits per heavy atom. The van der Waals surface area contributed by atoms with Crippen LogP contribution < -0.4 is 10.2 Å². The molecule has 5 nitrogen and oxygen atoms in total. The molecule has 1 fully saturated rings. The number of carbonyl (C=O) groups excluding carboxylic acids is 1. The maximum absolute atomic E-state index is 12.1. The molecule has 2 aromatic rings. The summed E-state index contributed by atoms with van der Waals surface area (Å²) in [6, 6.07) is 10.4. The summed E-state index contributed by atoms with van der Waals surface area (Å²) in [6.07, 6.45) is 1.83. The first kappa shape index (κ1) is 15.6. The van der Waals surface area contributed by atoms with Gasteiger partial charge >= 0.3 is 6.03 Å². The van der Waals surface area contributed by atoms with Crippen molar-refractivity contribution < 1.29 is 4.79 Å². The highest BCUT2D eigenvalue weighted by atomic mass is 16.2. The van der Waals surface area contributed by atoms with Crippen LogP contribution in [0.1, 0.15) is 13.8 Å². The van der Waals surface area contributed by atoms with Crippen molar-refractivity contribution in [1.29, 1.82) is 0 Å². The Balaban J connectivity index is 1.65.